The second-order valence-electron chi connectivity index (χ2n) is 9.75. The van der Waals surface area contributed by atoms with Crippen LogP contribution in [0.5, 0.6) is 0 Å². The first kappa shape index (κ1) is 32.0. The highest BCUT2D eigenvalue weighted by molar-refractivity contribution is 6.48. The largest absolute Gasteiger partial charge is 0.390 e. The Balaban J connectivity index is 0.00000111. The van der Waals surface area contributed by atoms with E-state index in [0.29, 0.717) is 29.9 Å². The van der Waals surface area contributed by atoms with Gasteiger partial charge >= 0.3 is 0 Å². The molecule has 1 aliphatic heterocycles. The van der Waals surface area contributed by atoms with Gasteiger partial charge < -0.3 is 15.6 Å². The monoisotopic (exact) mass is 600 g/mol. The number of amides is 2. The molecule has 228 valence electrons. The second kappa shape index (κ2) is 15.0. The van der Waals surface area contributed by atoms with Crippen LogP contribution in [0, 0.1) is 16.5 Å². The molecule has 10 heteroatoms. The molecule has 45 heavy (non-hydrogen) atoms. The number of aromatic nitrogens is 1. The molecule has 0 unspecified atom stereocenters. The number of nitrogens with one attached hydrogen (secondary N) is 5. The highest BCUT2D eigenvalue weighted by atomic mass is 16.2. The minimum Gasteiger partial charge on any atom is -0.390 e. The van der Waals surface area contributed by atoms with Crippen molar-refractivity contribution in [2.75, 3.05) is 18.4 Å². The molecule has 5 aromatic rings. The van der Waals surface area contributed by atoms with Crippen molar-refractivity contribution in [2.45, 2.75) is 20.3 Å². The van der Waals surface area contributed by atoms with Crippen molar-refractivity contribution in [1.82, 2.24) is 9.88 Å². The van der Waals surface area contributed by atoms with Gasteiger partial charge in [0.25, 0.3) is 11.8 Å². The molecular formula is C35H36N8O2. The first-order valence-corrected chi connectivity index (χ1v) is 14.6. The summed E-state index contributed by atoms with van der Waals surface area (Å²) >= 11 is 0. The zero-order valence-corrected chi connectivity index (χ0v) is 25.2. The van der Waals surface area contributed by atoms with Crippen LogP contribution in [0.15, 0.2) is 108 Å². The van der Waals surface area contributed by atoms with Crippen LogP contribution in [0.4, 0.5) is 5.69 Å². The fraction of sp³-hybridized carbons (Fsp3) is 0.143. The number of nitrogens with zero attached hydrogens (tertiary/aromatic N) is 2. The topological polar surface area (TPSA) is 173 Å². The molecule has 1 aromatic heterocycles. The Morgan fingerprint density at radius 3 is 2.38 bits per heavy atom. The average Bonchev–Trinajstić information content (AvgIpc) is 3.61. The van der Waals surface area contributed by atoms with E-state index in [4.69, 9.17) is 22.2 Å². The summed E-state index contributed by atoms with van der Waals surface area (Å²) in [5.41, 5.74) is 19.2. The van der Waals surface area contributed by atoms with Crippen molar-refractivity contribution in [3.63, 3.8) is 0 Å². The number of fused-ring (bicyclic) bond motifs is 2. The van der Waals surface area contributed by atoms with E-state index in [0.717, 1.165) is 33.8 Å². The van der Waals surface area contributed by atoms with E-state index in [1.54, 1.807) is 6.07 Å². The molecule has 4 aromatic carbocycles. The van der Waals surface area contributed by atoms with Crippen LogP contribution in [0.3, 0.4) is 0 Å². The maximum atomic E-state index is 13.3. The average molecular weight is 601 g/mol. The van der Waals surface area contributed by atoms with Gasteiger partial charge in [0.1, 0.15) is 0 Å². The maximum Gasteiger partial charge on any atom is 0.261 e. The number of carbonyl (C=O) groups excluding carboxylic acids is 2. The van der Waals surface area contributed by atoms with Crippen molar-refractivity contribution in [1.29, 1.82) is 16.5 Å². The first-order chi connectivity index (χ1) is 22.1. The zero-order chi connectivity index (χ0) is 32.3. The predicted octanol–water partition coefficient (Wildman–Crippen LogP) is 6.67. The third kappa shape index (κ3) is 6.54. The van der Waals surface area contributed by atoms with Gasteiger partial charge in [-0.15, -0.1) is 0 Å². The van der Waals surface area contributed by atoms with E-state index in [1.165, 1.54) is 6.34 Å². The lowest BCUT2D eigenvalue weighted by atomic mass is 9.93. The second-order valence-corrected chi connectivity index (χ2v) is 9.75. The zero-order valence-electron chi connectivity index (χ0n) is 25.2. The van der Waals surface area contributed by atoms with E-state index in [-0.39, 0.29) is 16.9 Å². The van der Waals surface area contributed by atoms with Crippen molar-refractivity contribution in [2.24, 2.45) is 10.7 Å². The van der Waals surface area contributed by atoms with Gasteiger partial charge in [-0.1, -0.05) is 80.6 Å². The fourth-order valence-corrected chi connectivity index (χ4v) is 5.33. The third-order valence-electron chi connectivity index (χ3n) is 7.25. The number of aliphatic imine (C=N–C) groups is 1. The molecule has 2 amide bonds. The van der Waals surface area contributed by atoms with Crippen LogP contribution < -0.4 is 16.4 Å². The van der Waals surface area contributed by atoms with Gasteiger partial charge in [-0.3, -0.25) is 25.3 Å². The molecule has 0 fully saturated rings. The minimum atomic E-state index is -0.579. The van der Waals surface area contributed by atoms with Gasteiger partial charge in [-0.05, 0) is 41.5 Å². The SMILES string of the molecule is CC.N=C(C1=C(c2cn(-c3ccc4ccccc4c3)c3ccccc23)C(=O)NC1=O)c1ccccc1NCCCN=CN.N=N. The molecule has 1 aliphatic rings. The smallest absolute Gasteiger partial charge is 0.261 e. The van der Waals surface area contributed by atoms with Crippen molar-refractivity contribution in [3.8, 4) is 5.69 Å². The number of para-hydroxylation sites is 2. The fourth-order valence-electron chi connectivity index (χ4n) is 5.33. The van der Waals surface area contributed by atoms with E-state index in [1.807, 2.05) is 85.3 Å². The quantitative estimate of drug-likeness (QED) is 0.0365. The van der Waals surface area contributed by atoms with Crippen molar-refractivity contribution < 1.29 is 9.59 Å². The first-order valence-electron chi connectivity index (χ1n) is 14.6. The Labute approximate surface area is 261 Å². The van der Waals surface area contributed by atoms with Crippen molar-refractivity contribution >= 4 is 56.8 Å². The van der Waals surface area contributed by atoms with E-state index >= 15 is 0 Å². The van der Waals surface area contributed by atoms with Gasteiger partial charge in [0, 0.05) is 47.2 Å². The summed E-state index contributed by atoms with van der Waals surface area (Å²) < 4.78 is 2.03. The number of hydrogen-bond acceptors (Lipinski definition) is 7. The summed E-state index contributed by atoms with van der Waals surface area (Å²) in [4.78, 5) is 30.5. The molecule has 0 spiro atoms. The van der Waals surface area contributed by atoms with Crippen LogP contribution >= 0.6 is 0 Å². The molecule has 10 nitrogen and oxygen atoms in total. The van der Waals surface area contributed by atoms with E-state index in [2.05, 4.69) is 39.9 Å². The minimum absolute atomic E-state index is 0.0195. The van der Waals surface area contributed by atoms with Crippen molar-refractivity contribution in [3.05, 3.63) is 114 Å². The van der Waals surface area contributed by atoms with Gasteiger partial charge in [-0.2, -0.15) is 0 Å². The number of anilines is 1. The maximum absolute atomic E-state index is 13.3. The molecule has 0 radical (unpaired) electrons. The lowest BCUT2D eigenvalue weighted by Gasteiger charge is -2.13. The number of benzene rings is 4. The number of nitrogens with two attached hydrogens (primary N) is 1. The lowest BCUT2D eigenvalue weighted by molar-refractivity contribution is -0.123. The molecule has 2 heterocycles. The van der Waals surface area contributed by atoms with Gasteiger partial charge in [0.15, 0.2) is 0 Å². The Morgan fingerprint density at radius 2 is 1.60 bits per heavy atom. The Bertz CT molecular complexity index is 1920. The molecule has 0 saturated carbocycles. The summed E-state index contributed by atoms with van der Waals surface area (Å²) in [5, 5.41) is 17.9. The highest BCUT2D eigenvalue weighted by Crippen LogP contribution is 2.36. The van der Waals surface area contributed by atoms with E-state index < -0.39 is 11.8 Å². The molecule has 0 bridgehead atoms. The summed E-state index contributed by atoms with van der Waals surface area (Å²) in [5.74, 6) is -1.09. The number of imide groups is 1. The molecule has 6 rings (SSSR count). The number of carbonyl (C=O) groups is 2. The van der Waals surface area contributed by atoms with Gasteiger partial charge in [0.2, 0.25) is 0 Å². The molecule has 0 saturated heterocycles. The Kier molecular flexibility index (Phi) is 10.7. The molecular weight excluding hydrogens is 564 g/mol. The Morgan fingerprint density at radius 1 is 0.911 bits per heavy atom. The van der Waals surface area contributed by atoms with E-state index in [9.17, 15) is 9.59 Å². The summed E-state index contributed by atoms with van der Waals surface area (Å²) in [6, 6.07) is 29.4. The Hall–Kier alpha value is -5.90. The van der Waals surface area contributed by atoms with Crippen LogP contribution in [-0.4, -0.2) is 41.5 Å². The number of rotatable bonds is 9. The number of hydrogen-bond donors (Lipinski definition) is 6. The summed E-state index contributed by atoms with van der Waals surface area (Å²) in [7, 11) is 0. The summed E-state index contributed by atoms with van der Waals surface area (Å²) in [6.45, 7) is 5.19. The third-order valence-corrected chi connectivity index (χ3v) is 7.25. The van der Waals surface area contributed by atoms with Crippen LogP contribution in [0.1, 0.15) is 31.4 Å². The molecule has 0 aliphatic carbocycles. The van der Waals surface area contributed by atoms with Gasteiger partial charge in [-0.25, -0.2) is 11.1 Å². The normalized spacial score (nSPS) is 12.5. The van der Waals surface area contributed by atoms with Crippen LogP contribution in [-0.2, 0) is 9.59 Å². The van der Waals surface area contributed by atoms with Crippen LogP contribution in [0.25, 0.3) is 32.9 Å². The van der Waals surface area contributed by atoms with Gasteiger partial charge in [0.05, 0.1) is 28.7 Å². The predicted molar refractivity (Wildman–Crippen MR) is 182 cm³/mol. The van der Waals surface area contributed by atoms with Crippen LogP contribution in [0.2, 0.25) is 0 Å². The highest BCUT2D eigenvalue weighted by Gasteiger charge is 2.36. The summed E-state index contributed by atoms with van der Waals surface area (Å²) in [6.07, 6.45) is 3.92. The molecule has 0 atom stereocenters. The standard InChI is InChI=1S/C33H28N6O2.C2H6.H2N2/c34-20-36-16-7-17-37-27-12-5-3-11-25(27)31(35)30-29(32(40)38-33(30)41)26-19-39(28-13-6-4-10-24(26)28)23-15-14-21-8-1-2-9-22(21)18-23;2*1-2/h1-6,8-15,18-20,35,37H,7,16-17H2,(H2,34,36)(H,38,40,41);1-2H3;1-2H. The lowest BCUT2D eigenvalue weighted by Crippen LogP contribution is -2.25. The molecule has 7 N–H and O–H groups in total.